The van der Waals surface area contributed by atoms with E-state index in [0.717, 1.165) is 6.42 Å². The highest BCUT2D eigenvalue weighted by atomic mass is 16.5. The zero-order valence-corrected chi connectivity index (χ0v) is 12.8. The monoisotopic (exact) mass is 281 g/mol. The molecule has 1 heterocycles. The van der Waals surface area contributed by atoms with Gasteiger partial charge in [-0.1, -0.05) is 68.4 Å². The van der Waals surface area contributed by atoms with Crippen LogP contribution in [-0.2, 0) is 11.2 Å². The first-order valence-corrected chi connectivity index (χ1v) is 7.73. The lowest BCUT2D eigenvalue weighted by molar-refractivity contribution is 0.0497. The van der Waals surface area contributed by atoms with Crippen molar-refractivity contribution in [3.05, 3.63) is 71.3 Å². The van der Waals surface area contributed by atoms with Gasteiger partial charge in [-0.05, 0) is 29.0 Å². The average Bonchev–Trinajstić information content (AvgIpc) is 2.49. The maximum Gasteiger partial charge on any atom is 0.110 e. The molecule has 0 saturated carbocycles. The van der Waals surface area contributed by atoms with Crippen LogP contribution in [0.1, 0.15) is 36.6 Å². The van der Waals surface area contributed by atoms with E-state index in [9.17, 15) is 0 Å². The first-order chi connectivity index (χ1) is 10.3. The fourth-order valence-electron chi connectivity index (χ4n) is 2.99. The molecule has 0 saturated heterocycles. The summed E-state index contributed by atoms with van der Waals surface area (Å²) in [7, 11) is 0. The Balaban J connectivity index is 1.99. The quantitative estimate of drug-likeness (QED) is 0.901. The smallest absolute Gasteiger partial charge is 0.110 e. The Morgan fingerprint density at radius 3 is 2.48 bits per heavy atom. The van der Waals surface area contributed by atoms with Crippen molar-refractivity contribution in [2.24, 2.45) is 5.92 Å². The number of hydrogen-bond acceptors (Lipinski definition) is 2. The molecule has 3 rings (SSSR count). The number of benzene rings is 2. The number of ether oxygens (including phenoxy) is 1. The van der Waals surface area contributed by atoms with E-state index in [1.54, 1.807) is 0 Å². The third kappa shape index (κ3) is 3.17. The molecule has 0 fully saturated rings. The molecular weight excluding hydrogens is 258 g/mol. The van der Waals surface area contributed by atoms with Crippen molar-refractivity contribution in [2.75, 3.05) is 6.73 Å². The minimum absolute atomic E-state index is 0.0167. The molecule has 0 radical (unpaired) electrons. The van der Waals surface area contributed by atoms with Crippen LogP contribution in [0.4, 0.5) is 0 Å². The van der Waals surface area contributed by atoms with Gasteiger partial charge in [0.25, 0.3) is 0 Å². The van der Waals surface area contributed by atoms with Crippen molar-refractivity contribution in [2.45, 2.75) is 32.4 Å². The Labute approximate surface area is 127 Å². The summed E-state index contributed by atoms with van der Waals surface area (Å²) < 4.78 is 6.16. The van der Waals surface area contributed by atoms with Crippen LogP contribution in [0.15, 0.2) is 54.6 Å². The summed E-state index contributed by atoms with van der Waals surface area (Å²) in [6.07, 6.45) is 1.07. The topological polar surface area (TPSA) is 21.3 Å². The van der Waals surface area contributed by atoms with Gasteiger partial charge >= 0.3 is 0 Å². The molecular formula is C19H23NO. The largest absolute Gasteiger partial charge is 0.354 e. The fraction of sp³-hybridized carbons (Fsp3) is 0.368. The summed E-state index contributed by atoms with van der Waals surface area (Å²) in [4.78, 5) is 0. The van der Waals surface area contributed by atoms with Gasteiger partial charge in [-0.3, -0.25) is 5.32 Å². The molecule has 0 aliphatic carbocycles. The molecule has 2 heteroatoms. The maximum atomic E-state index is 6.16. The molecule has 1 aliphatic heterocycles. The van der Waals surface area contributed by atoms with Gasteiger partial charge in [0, 0.05) is 6.04 Å². The normalized spacial score (nSPS) is 22.4. The van der Waals surface area contributed by atoms with Crippen molar-refractivity contribution in [1.29, 1.82) is 0 Å². The molecule has 2 unspecified atom stereocenters. The molecule has 2 nitrogen and oxygen atoms in total. The van der Waals surface area contributed by atoms with E-state index in [-0.39, 0.29) is 6.10 Å². The molecule has 0 aromatic heterocycles. The average molecular weight is 281 g/mol. The zero-order chi connectivity index (χ0) is 14.7. The fourth-order valence-corrected chi connectivity index (χ4v) is 2.99. The highest BCUT2D eigenvalue weighted by Crippen LogP contribution is 2.31. The van der Waals surface area contributed by atoms with Crippen LogP contribution in [0.2, 0.25) is 0 Å². The van der Waals surface area contributed by atoms with Crippen molar-refractivity contribution >= 4 is 0 Å². The van der Waals surface area contributed by atoms with Crippen molar-refractivity contribution in [1.82, 2.24) is 5.32 Å². The van der Waals surface area contributed by atoms with E-state index in [4.69, 9.17) is 4.74 Å². The van der Waals surface area contributed by atoms with Gasteiger partial charge in [-0.2, -0.15) is 0 Å². The molecule has 1 aliphatic rings. The van der Waals surface area contributed by atoms with Crippen molar-refractivity contribution in [3.8, 4) is 0 Å². The van der Waals surface area contributed by atoms with E-state index < -0.39 is 0 Å². The predicted octanol–water partition coefficient (Wildman–Crippen LogP) is 3.92. The van der Waals surface area contributed by atoms with Crippen LogP contribution in [0, 0.1) is 5.92 Å². The predicted molar refractivity (Wildman–Crippen MR) is 86.1 cm³/mol. The van der Waals surface area contributed by atoms with Crippen LogP contribution < -0.4 is 5.32 Å². The first-order valence-electron chi connectivity index (χ1n) is 7.73. The van der Waals surface area contributed by atoms with Crippen LogP contribution in [0.25, 0.3) is 0 Å². The number of rotatable bonds is 2. The minimum Gasteiger partial charge on any atom is -0.354 e. The van der Waals surface area contributed by atoms with Gasteiger partial charge in [0.1, 0.15) is 6.10 Å². The van der Waals surface area contributed by atoms with E-state index >= 15 is 0 Å². The van der Waals surface area contributed by atoms with Gasteiger partial charge in [0.05, 0.1) is 6.73 Å². The van der Waals surface area contributed by atoms with Crippen LogP contribution in [0.5, 0.6) is 0 Å². The Kier molecular flexibility index (Phi) is 4.37. The van der Waals surface area contributed by atoms with Gasteiger partial charge in [-0.25, -0.2) is 0 Å². The summed E-state index contributed by atoms with van der Waals surface area (Å²) in [5.41, 5.74) is 3.91. The third-order valence-corrected chi connectivity index (χ3v) is 4.28. The number of nitrogens with one attached hydrogen (secondary N) is 1. The molecule has 21 heavy (non-hydrogen) atoms. The third-order valence-electron chi connectivity index (χ3n) is 4.28. The Morgan fingerprint density at radius 2 is 1.71 bits per heavy atom. The summed E-state index contributed by atoms with van der Waals surface area (Å²) >= 11 is 0. The molecule has 1 N–H and O–H groups in total. The molecule has 110 valence electrons. The lowest BCUT2D eigenvalue weighted by Crippen LogP contribution is -2.39. The van der Waals surface area contributed by atoms with Gasteiger partial charge in [0.2, 0.25) is 0 Å². The molecule has 0 spiro atoms. The Bertz CT molecular complexity index is 579. The summed E-state index contributed by atoms with van der Waals surface area (Å²) in [5.74, 6) is 0.593. The SMILES string of the molecule is CC(C)C1Cc2ccccc2C(c2ccccc2)OCN1. The standard InChI is InChI=1S/C19H23NO/c1-14(2)18-12-16-10-6-7-11-17(16)19(21-13-20-18)15-8-4-3-5-9-15/h3-11,14,18-20H,12-13H2,1-2H3. The highest BCUT2D eigenvalue weighted by Gasteiger charge is 2.24. The molecule has 2 atom stereocenters. The van der Waals surface area contributed by atoms with Gasteiger partial charge in [-0.15, -0.1) is 0 Å². The number of fused-ring (bicyclic) bond motifs is 1. The minimum atomic E-state index is 0.0167. The second-order valence-corrected chi connectivity index (χ2v) is 6.06. The van der Waals surface area contributed by atoms with Crippen LogP contribution in [0.3, 0.4) is 0 Å². The second-order valence-electron chi connectivity index (χ2n) is 6.06. The summed E-state index contributed by atoms with van der Waals surface area (Å²) in [6, 6.07) is 19.6. The zero-order valence-electron chi connectivity index (χ0n) is 12.8. The van der Waals surface area contributed by atoms with Gasteiger partial charge in [0.15, 0.2) is 0 Å². The van der Waals surface area contributed by atoms with E-state index in [1.807, 2.05) is 6.07 Å². The molecule has 0 bridgehead atoms. The van der Waals surface area contributed by atoms with Crippen LogP contribution >= 0.6 is 0 Å². The maximum absolute atomic E-state index is 6.16. The van der Waals surface area contributed by atoms with Gasteiger partial charge < -0.3 is 4.74 Å². The summed E-state index contributed by atoms with van der Waals surface area (Å²) in [5, 5.41) is 3.54. The van der Waals surface area contributed by atoms with E-state index in [0.29, 0.717) is 18.7 Å². The lowest BCUT2D eigenvalue weighted by atomic mass is 9.89. The van der Waals surface area contributed by atoms with Crippen molar-refractivity contribution < 1.29 is 4.74 Å². The first kappa shape index (κ1) is 14.3. The van der Waals surface area contributed by atoms with Crippen molar-refractivity contribution in [3.63, 3.8) is 0 Å². The Hall–Kier alpha value is -1.64. The molecule has 2 aromatic rings. The van der Waals surface area contributed by atoms with E-state index in [2.05, 4.69) is 67.7 Å². The molecule has 2 aromatic carbocycles. The van der Waals surface area contributed by atoms with E-state index in [1.165, 1.54) is 16.7 Å². The summed E-state index contributed by atoms with van der Waals surface area (Å²) in [6.45, 7) is 5.11. The molecule has 0 amide bonds. The Morgan fingerprint density at radius 1 is 1.00 bits per heavy atom. The lowest BCUT2D eigenvalue weighted by Gasteiger charge is -2.30. The second kappa shape index (κ2) is 6.42. The van der Waals surface area contributed by atoms with Crippen LogP contribution in [-0.4, -0.2) is 12.8 Å². The highest BCUT2D eigenvalue weighted by molar-refractivity contribution is 5.37. The number of hydrogen-bond donors (Lipinski definition) is 1.